The van der Waals surface area contributed by atoms with Crippen LogP contribution in [0, 0.1) is 0 Å². The van der Waals surface area contributed by atoms with Crippen molar-refractivity contribution in [3.05, 3.63) is 71.3 Å². The lowest BCUT2D eigenvalue weighted by atomic mass is 10.1. The van der Waals surface area contributed by atoms with Crippen molar-refractivity contribution in [1.29, 1.82) is 0 Å². The Morgan fingerprint density at radius 1 is 1.15 bits per heavy atom. The fourth-order valence-electron chi connectivity index (χ4n) is 3.51. The van der Waals surface area contributed by atoms with Gasteiger partial charge in [-0.05, 0) is 42.5 Å². The highest BCUT2D eigenvalue weighted by atomic mass is 32.2. The highest BCUT2D eigenvalue weighted by Gasteiger charge is 2.32. The fraction of sp³-hybridized carbons (Fsp3) is 0.240. The van der Waals surface area contributed by atoms with Crippen molar-refractivity contribution in [2.45, 2.75) is 18.2 Å². The van der Waals surface area contributed by atoms with Crippen LogP contribution in [0.5, 0.6) is 0 Å². The van der Waals surface area contributed by atoms with Crippen molar-refractivity contribution >= 4 is 52.0 Å². The number of thioether (sulfide) groups is 2. The van der Waals surface area contributed by atoms with Gasteiger partial charge in [-0.25, -0.2) is 4.68 Å². The number of carbonyl (C=O) groups excluding carboxylic acids is 1. The number of hydrogen-bond acceptors (Lipinski definition) is 6. The van der Waals surface area contributed by atoms with Gasteiger partial charge < -0.3 is 4.74 Å². The number of carbonyl (C=O) groups is 1. The zero-order chi connectivity index (χ0) is 23.2. The van der Waals surface area contributed by atoms with E-state index in [9.17, 15) is 4.79 Å². The van der Waals surface area contributed by atoms with Gasteiger partial charge in [-0.1, -0.05) is 61.2 Å². The van der Waals surface area contributed by atoms with Crippen molar-refractivity contribution in [1.82, 2.24) is 14.7 Å². The second kappa shape index (κ2) is 11.2. The maximum absolute atomic E-state index is 13.0. The summed E-state index contributed by atoms with van der Waals surface area (Å²) >= 11 is 8.62. The molecule has 0 radical (unpaired) electrons. The van der Waals surface area contributed by atoms with Crippen LogP contribution < -0.4 is 0 Å². The molecule has 33 heavy (non-hydrogen) atoms. The van der Waals surface area contributed by atoms with E-state index in [1.807, 2.05) is 47.3 Å². The van der Waals surface area contributed by atoms with E-state index in [4.69, 9.17) is 22.1 Å². The number of ether oxygens (including phenoxy) is 1. The SMILES string of the molecule is CCSc1ccc(-c2nn(-c3ccccc3)cc2/C=C2\SC(=S)N(CCCOC)C2=O)cc1. The molecular weight excluding hydrogens is 470 g/mol. The molecule has 1 aliphatic heterocycles. The number of amides is 1. The number of para-hydroxylation sites is 1. The summed E-state index contributed by atoms with van der Waals surface area (Å²) in [6.07, 6.45) is 4.62. The van der Waals surface area contributed by atoms with Crippen LogP contribution in [0.3, 0.4) is 0 Å². The zero-order valence-electron chi connectivity index (χ0n) is 18.6. The van der Waals surface area contributed by atoms with Crippen LogP contribution in [0.1, 0.15) is 18.9 Å². The van der Waals surface area contributed by atoms with Gasteiger partial charge in [0.05, 0.1) is 16.3 Å². The summed E-state index contributed by atoms with van der Waals surface area (Å²) in [5.74, 6) is 0.966. The molecule has 0 unspecified atom stereocenters. The lowest BCUT2D eigenvalue weighted by Gasteiger charge is -2.13. The second-order valence-electron chi connectivity index (χ2n) is 7.35. The van der Waals surface area contributed by atoms with E-state index >= 15 is 0 Å². The molecule has 4 rings (SSSR count). The van der Waals surface area contributed by atoms with Gasteiger partial charge in [0.15, 0.2) is 0 Å². The lowest BCUT2D eigenvalue weighted by molar-refractivity contribution is -0.122. The summed E-state index contributed by atoms with van der Waals surface area (Å²) in [6, 6.07) is 18.4. The zero-order valence-corrected chi connectivity index (χ0v) is 21.0. The number of thiocarbonyl (C=S) groups is 1. The molecule has 0 spiro atoms. The van der Waals surface area contributed by atoms with Gasteiger partial charge >= 0.3 is 0 Å². The van der Waals surface area contributed by atoms with Gasteiger partial charge in [0.1, 0.15) is 4.32 Å². The molecule has 0 atom stereocenters. The predicted molar refractivity (Wildman–Crippen MR) is 142 cm³/mol. The Labute approximate surface area is 208 Å². The first-order chi connectivity index (χ1) is 16.1. The first-order valence-corrected chi connectivity index (χ1v) is 12.9. The van der Waals surface area contributed by atoms with Gasteiger partial charge in [0.2, 0.25) is 0 Å². The molecule has 1 amide bonds. The molecule has 0 aliphatic carbocycles. The number of benzene rings is 2. The van der Waals surface area contributed by atoms with E-state index in [1.54, 1.807) is 23.8 Å². The molecule has 3 aromatic rings. The largest absolute Gasteiger partial charge is 0.385 e. The van der Waals surface area contributed by atoms with Crippen LogP contribution in [-0.2, 0) is 9.53 Å². The molecule has 0 N–H and O–H groups in total. The molecule has 8 heteroatoms. The Morgan fingerprint density at radius 3 is 2.61 bits per heavy atom. The fourth-order valence-corrected chi connectivity index (χ4v) is 5.47. The quantitative estimate of drug-likeness (QED) is 0.160. The molecule has 1 aromatic heterocycles. The average molecular weight is 496 g/mol. The van der Waals surface area contributed by atoms with Crippen LogP contribution in [0.15, 0.2) is 70.6 Å². The molecule has 2 aromatic carbocycles. The normalized spacial score (nSPS) is 15.1. The molecule has 2 heterocycles. The summed E-state index contributed by atoms with van der Waals surface area (Å²) in [5, 5.41) is 4.87. The minimum absolute atomic E-state index is 0.0609. The van der Waals surface area contributed by atoms with E-state index in [2.05, 4.69) is 31.2 Å². The number of aromatic nitrogens is 2. The maximum atomic E-state index is 13.0. The Bertz CT molecular complexity index is 1160. The van der Waals surface area contributed by atoms with E-state index < -0.39 is 0 Å². The van der Waals surface area contributed by atoms with Crippen molar-refractivity contribution in [3.8, 4) is 16.9 Å². The standard InChI is InChI=1S/C25H25N3O2S3/c1-3-32-21-12-10-18(11-13-21)23-19(17-28(26-23)20-8-5-4-6-9-20)16-22-24(29)27(25(31)33-22)14-7-15-30-2/h4-6,8-13,16-17H,3,7,14-15H2,1-2H3/b22-16-. The summed E-state index contributed by atoms with van der Waals surface area (Å²) in [5.41, 5.74) is 3.68. The third kappa shape index (κ3) is 5.58. The third-order valence-electron chi connectivity index (χ3n) is 5.09. The number of methoxy groups -OCH3 is 1. The Kier molecular flexibility index (Phi) is 8.03. The van der Waals surface area contributed by atoms with Gasteiger partial charge in [-0.2, -0.15) is 5.10 Å². The smallest absolute Gasteiger partial charge is 0.266 e. The van der Waals surface area contributed by atoms with E-state index in [0.717, 1.165) is 34.7 Å². The topological polar surface area (TPSA) is 47.4 Å². The summed E-state index contributed by atoms with van der Waals surface area (Å²) in [4.78, 5) is 16.5. The monoisotopic (exact) mass is 495 g/mol. The van der Waals surface area contributed by atoms with Gasteiger partial charge in [-0.15, -0.1) is 11.8 Å². The summed E-state index contributed by atoms with van der Waals surface area (Å²) in [7, 11) is 1.66. The summed E-state index contributed by atoms with van der Waals surface area (Å²) in [6.45, 7) is 3.29. The van der Waals surface area contributed by atoms with Crippen molar-refractivity contribution < 1.29 is 9.53 Å². The second-order valence-corrected chi connectivity index (χ2v) is 10.4. The number of rotatable bonds is 9. The van der Waals surface area contributed by atoms with Gasteiger partial charge in [-0.3, -0.25) is 9.69 Å². The predicted octanol–water partition coefficient (Wildman–Crippen LogP) is 5.89. The highest BCUT2D eigenvalue weighted by molar-refractivity contribution is 8.26. The van der Waals surface area contributed by atoms with Gasteiger partial charge in [0.25, 0.3) is 5.91 Å². The molecular formula is C25H25N3O2S3. The highest BCUT2D eigenvalue weighted by Crippen LogP contribution is 2.35. The first kappa shape index (κ1) is 23.8. The molecule has 1 saturated heterocycles. The van der Waals surface area contributed by atoms with Crippen LogP contribution in [0.25, 0.3) is 23.0 Å². The molecule has 5 nitrogen and oxygen atoms in total. The number of hydrogen-bond donors (Lipinski definition) is 0. The lowest BCUT2D eigenvalue weighted by Crippen LogP contribution is -2.29. The number of nitrogens with zero attached hydrogens (tertiary/aromatic N) is 3. The minimum atomic E-state index is -0.0609. The maximum Gasteiger partial charge on any atom is 0.266 e. The Balaban J connectivity index is 1.70. The van der Waals surface area contributed by atoms with E-state index in [1.165, 1.54) is 16.7 Å². The van der Waals surface area contributed by atoms with Crippen LogP contribution in [0.2, 0.25) is 0 Å². The Morgan fingerprint density at radius 2 is 1.91 bits per heavy atom. The molecule has 1 fully saturated rings. The van der Waals surface area contributed by atoms with Crippen LogP contribution in [0.4, 0.5) is 0 Å². The Hall–Kier alpha value is -2.39. The van der Waals surface area contributed by atoms with Gasteiger partial charge in [0, 0.05) is 42.5 Å². The third-order valence-corrected chi connectivity index (χ3v) is 7.36. The molecule has 1 aliphatic rings. The minimum Gasteiger partial charge on any atom is -0.385 e. The average Bonchev–Trinajstić information content (AvgIpc) is 3.37. The van der Waals surface area contributed by atoms with Crippen LogP contribution in [-0.4, -0.2) is 50.9 Å². The van der Waals surface area contributed by atoms with Crippen molar-refractivity contribution in [3.63, 3.8) is 0 Å². The molecule has 0 saturated carbocycles. The van der Waals surface area contributed by atoms with Crippen molar-refractivity contribution in [2.75, 3.05) is 26.0 Å². The van der Waals surface area contributed by atoms with Crippen molar-refractivity contribution in [2.24, 2.45) is 0 Å². The summed E-state index contributed by atoms with van der Waals surface area (Å²) < 4.78 is 7.55. The van der Waals surface area contributed by atoms with Crippen LogP contribution >= 0.6 is 35.7 Å². The molecule has 0 bridgehead atoms. The van der Waals surface area contributed by atoms with E-state index in [-0.39, 0.29) is 5.91 Å². The first-order valence-electron chi connectivity index (χ1n) is 10.7. The van der Waals surface area contributed by atoms with E-state index in [0.29, 0.717) is 22.4 Å². The molecule has 170 valence electrons.